The third kappa shape index (κ3) is 3.91. The van der Waals surface area contributed by atoms with Crippen molar-refractivity contribution in [1.29, 1.82) is 0 Å². The van der Waals surface area contributed by atoms with E-state index in [1.807, 2.05) is 46.9 Å². The van der Waals surface area contributed by atoms with Crippen LogP contribution in [0, 0.1) is 0 Å². The van der Waals surface area contributed by atoms with E-state index in [-0.39, 0.29) is 17.5 Å². The lowest BCUT2D eigenvalue weighted by molar-refractivity contribution is 0.0636. The van der Waals surface area contributed by atoms with Crippen LogP contribution in [0.5, 0.6) is 5.75 Å². The molecule has 0 aliphatic carbocycles. The zero-order chi connectivity index (χ0) is 24.9. The second-order valence-electron chi connectivity index (χ2n) is 9.62. The van der Waals surface area contributed by atoms with Crippen LogP contribution in [0.15, 0.2) is 35.8 Å². The predicted octanol–water partition coefficient (Wildman–Crippen LogP) is 4.31. The summed E-state index contributed by atoms with van der Waals surface area (Å²) in [5, 5.41) is 14.9. The fraction of sp³-hybridized carbons (Fsp3) is 0.400. The van der Waals surface area contributed by atoms with Gasteiger partial charge in [-0.15, -0.1) is 21.5 Å². The van der Waals surface area contributed by atoms with Crippen LogP contribution in [-0.2, 0) is 13.0 Å². The number of methoxy groups -OCH3 is 1. The predicted molar refractivity (Wildman–Crippen MR) is 135 cm³/mol. The number of aromatic nitrogens is 6. The molecule has 4 heterocycles. The van der Waals surface area contributed by atoms with Gasteiger partial charge in [0, 0.05) is 23.0 Å². The number of tetrazole rings is 1. The molecule has 4 aromatic rings. The Morgan fingerprint density at radius 1 is 1.29 bits per heavy atom. The summed E-state index contributed by atoms with van der Waals surface area (Å²) in [5.74, 6) is 1.53. The number of imidazole rings is 1. The summed E-state index contributed by atoms with van der Waals surface area (Å²) >= 11 is 1.68. The van der Waals surface area contributed by atoms with E-state index in [0.717, 1.165) is 22.4 Å². The number of nitrogens with zero attached hydrogens (tertiary/aromatic N) is 7. The molecule has 3 aromatic heterocycles. The summed E-state index contributed by atoms with van der Waals surface area (Å²) in [4.78, 5) is 22.7. The van der Waals surface area contributed by atoms with Crippen LogP contribution in [0.2, 0.25) is 0 Å². The van der Waals surface area contributed by atoms with Crippen LogP contribution in [0.3, 0.4) is 0 Å². The lowest BCUT2D eigenvalue weighted by atomic mass is 9.90. The Labute approximate surface area is 208 Å². The summed E-state index contributed by atoms with van der Waals surface area (Å²) < 4.78 is 7.83. The molecule has 0 radical (unpaired) electrons. The molecule has 1 atom stereocenters. The van der Waals surface area contributed by atoms with E-state index in [0.29, 0.717) is 30.4 Å². The summed E-state index contributed by atoms with van der Waals surface area (Å²) in [7, 11) is 3.48. The van der Waals surface area contributed by atoms with E-state index >= 15 is 0 Å². The molecule has 10 heteroatoms. The lowest BCUT2D eigenvalue weighted by Crippen LogP contribution is -2.44. The van der Waals surface area contributed by atoms with Gasteiger partial charge in [-0.3, -0.25) is 4.79 Å². The second-order valence-corrected chi connectivity index (χ2v) is 10.6. The third-order valence-corrected chi connectivity index (χ3v) is 7.55. The standard InChI is InChI=1S/C25H29N7O2S/c1-7-31-28-22(27-29-31)17-13-16-15(12-20(17)34-6)11-18(21-9-8-10-35-21)32-19(16)14-26-23(32)24(33)30(5)25(2,3)4/h8-10,12-14,18H,7,11H2,1-6H3. The van der Waals surface area contributed by atoms with Crippen molar-refractivity contribution in [2.24, 2.45) is 0 Å². The smallest absolute Gasteiger partial charge is 0.290 e. The number of hydrogen-bond donors (Lipinski definition) is 0. The van der Waals surface area contributed by atoms with Gasteiger partial charge in [-0.05, 0) is 68.5 Å². The van der Waals surface area contributed by atoms with Gasteiger partial charge >= 0.3 is 0 Å². The van der Waals surface area contributed by atoms with E-state index in [1.54, 1.807) is 34.3 Å². The average molecular weight is 492 g/mol. The second kappa shape index (κ2) is 8.60. The lowest BCUT2D eigenvalue weighted by Gasteiger charge is -2.34. The molecule has 5 rings (SSSR count). The first kappa shape index (κ1) is 23.2. The molecular formula is C25H29N7O2S. The first-order chi connectivity index (χ1) is 16.7. The minimum Gasteiger partial charge on any atom is -0.496 e. The molecule has 0 bridgehead atoms. The molecule has 1 unspecified atom stereocenters. The van der Waals surface area contributed by atoms with Crippen molar-refractivity contribution >= 4 is 17.2 Å². The van der Waals surface area contributed by atoms with Crippen molar-refractivity contribution < 1.29 is 9.53 Å². The van der Waals surface area contributed by atoms with Gasteiger partial charge in [-0.25, -0.2) is 4.98 Å². The minimum absolute atomic E-state index is 0.0398. The van der Waals surface area contributed by atoms with Crippen molar-refractivity contribution in [3.63, 3.8) is 0 Å². The SMILES string of the molecule is CCn1nnc(-c2cc3c(cc2OC)CC(c2cccs2)n2c-3cnc2C(=O)N(C)C(C)(C)C)n1. The first-order valence-corrected chi connectivity index (χ1v) is 12.5. The quantitative estimate of drug-likeness (QED) is 0.413. The molecule has 1 amide bonds. The molecule has 0 N–H and O–H groups in total. The van der Waals surface area contributed by atoms with Gasteiger partial charge in [-0.2, -0.15) is 4.80 Å². The molecule has 1 aliphatic rings. The van der Waals surface area contributed by atoms with E-state index in [9.17, 15) is 4.79 Å². The molecule has 1 aromatic carbocycles. The maximum atomic E-state index is 13.6. The number of amides is 1. The fourth-order valence-corrected chi connectivity index (χ4v) is 5.17. The Hall–Kier alpha value is -3.53. The molecule has 1 aliphatic heterocycles. The Morgan fingerprint density at radius 3 is 2.71 bits per heavy atom. The number of thiophene rings is 1. The van der Waals surface area contributed by atoms with Gasteiger partial charge in [0.05, 0.1) is 37.2 Å². The maximum Gasteiger partial charge on any atom is 0.290 e. The van der Waals surface area contributed by atoms with Crippen LogP contribution in [0.4, 0.5) is 0 Å². The summed E-state index contributed by atoms with van der Waals surface area (Å²) in [6, 6.07) is 8.20. The fourth-order valence-electron chi connectivity index (χ4n) is 4.35. The number of fused-ring (bicyclic) bond motifs is 3. The van der Waals surface area contributed by atoms with Crippen molar-refractivity contribution in [2.75, 3.05) is 14.2 Å². The van der Waals surface area contributed by atoms with Crippen LogP contribution >= 0.6 is 11.3 Å². The van der Waals surface area contributed by atoms with Crippen molar-refractivity contribution in [3.8, 4) is 28.4 Å². The number of carbonyl (C=O) groups excluding carboxylic acids is 1. The van der Waals surface area contributed by atoms with Gasteiger partial charge < -0.3 is 14.2 Å². The topological polar surface area (TPSA) is 91.0 Å². The average Bonchev–Trinajstić information content (AvgIpc) is 3.61. The zero-order valence-electron chi connectivity index (χ0n) is 20.8. The Morgan fingerprint density at radius 2 is 2.09 bits per heavy atom. The molecule has 0 spiro atoms. The molecule has 0 saturated carbocycles. The van der Waals surface area contributed by atoms with Crippen LogP contribution in [0.1, 0.15) is 54.8 Å². The monoisotopic (exact) mass is 491 g/mol. The first-order valence-electron chi connectivity index (χ1n) is 11.6. The molecule has 35 heavy (non-hydrogen) atoms. The zero-order valence-corrected chi connectivity index (χ0v) is 21.6. The Kier molecular flexibility index (Phi) is 5.71. The summed E-state index contributed by atoms with van der Waals surface area (Å²) in [5.41, 5.74) is 3.44. The highest BCUT2D eigenvalue weighted by molar-refractivity contribution is 7.10. The third-order valence-electron chi connectivity index (χ3n) is 6.57. The molecule has 9 nitrogen and oxygen atoms in total. The maximum absolute atomic E-state index is 13.6. The van der Waals surface area contributed by atoms with Crippen LogP contribution in [0.25, 0.3) is 22.6 Å². The number of aryl methyl sites for hydroxylation is 1. The van der Waals surface area contributed by atoms with E-state index in [4.69, 9.17) is 4.74 Å². The van der Waals surface area contributed by atoms with Crippen LogP contribution < -0.4 is 4.74 Å². The van der Waals surface area contributed by atoms with Gasteiger partial charge in [-0.1, -0.05) is 6.07 Å². The van der Waals surface area contributed by atoms with Gasteiger partial charge in [0.2, 0.25) is 5.82 Å². The highest BCUT2D eigenvalue weighted by Gasteiger charge is 2.35. The van der Waals surface area contributed by atoms with Crippen molar-refractivity contribution in [1.82, 2.24) is 34.7 Å². The van der Waals surface area contributed by atoms with Gasteiger partial charge in [0.25, 0.3) is 5.91 Å². The highest BCUT2D eigenvalue weighted by Crippen LogP contribution is 2.44. The van der Waals surface area contributed by atoms with Crippen molar-refractivity contribution in [3.05, 3.63) is 52.1 Å². The van der Waals surface area contributed by atoms with E-state index < -0.39 is 0 Å². The molecule has 0 saturated heterocycles. The number of hydrogen-bond acceptors (Lipinski definition) is 7. The Bertz CT molecular complexity index is 1380. The molecule has 0 fully saturated rings. The Balaban J connectivity index is 1.70. The minimum atomic E-state index is -0.328. The molecule has 182 valence electrons. The van der Waals surface area contributed by atoms with E-state index in [2.05, 4.69) is 42.5 Å². The largest absolute Gasteiger partial charge is 0.496 e. The molecular weight excluding hydrogens is 462 g/mol. The number of rotatable bonds is 5. The summed E-state index contributed by atoms with van der Waals surface area (Å²) in [6.07, 6.45) is 2.51. The van der Waals surface area contributed by atoms with Crippen LogP contribution in [-0.4, -0.2) is 60.3 Å². The highest BCUT2D eigenvalue weighted by atomic mass is 32.1. The van der Waals surface area contributed by atoms with Crippen molar-refractivity contribution in [2.45, 2.75) is 52.2 Å². The van der Waals surface area contributed by atoms with E-state index in [1.165, 1.54) is 4.88 Å². The normalized spacial score (nSPS) is 15.0. The van der Waals surface area contributed by atoms with Gasteiger partial charge in [0.1, 0.15) is 5.75 Å². The summed E-state index contributed by atoms with van der Waals surface area (Å²) in [6.45, 7) is 8.65. The number of benzene rings is 1. The number of ether oxygens (including phenoxy) is 1. The van der Waals surface area contributed by atoms with Gasteiger partial charge in [0.15, 0.2) is 5.82 Å². The number of carbonyl (C=O) groups is 1.